The fourth-order valence-electron chi connectivity index (χ4n) is 2.25. The van der Waals surface area contributed by atoms with Crippen LogP contribution in [0.4, 0.5) is 4.79 Å². The molecular formula is C10H19N3O2S2. The Balaban J connectivity index is 1.84. The lowest BCUT2D eigenvalue weighted by Crippen LogP contribution is -2.52. The standard InChI is InChI=1S/C10H19N3O2S2/c1-17(16)13-6-4-11(5-7-13)10(15)12-3-2-9(14)8-12/h9,14H,2-8H2,1H3. The quantitative estimate of drug-likeness (QED) is 0.696. The zero-order valence-electron chi connectivity index (χ0n) is 10.0. The number of carbonyl (C=O) groups is 1. The van der Waals surface area contributed by atoms with Crippen molar-refractivity contribution < 1.29 is 9.90 Å². The molecule has 17 heavy (non-hydrogen) atoms. The Kier molecular flexibility index (Phi) is 4.35. The second kappa shape index (κ2) is 5.60. The van der Waals surface area contributed by atoms with Crippen molar-refractivity contribution in [3.63, 3.8) is 0 Å². The van der Waals surface area contributed by atoms with Crippen LogP contribution >= 0.6 is 0 Å². The lowest BCUT2D eigenvalue weighted by Gasteiger charge is -2.36. The molecule has 0 radical (unpaired) electrons. The molecule has 98 valence electrons. The van der Waals surface area contributed by atoms with Crippen LogP contribution in [0.25, 0.3) is 0 Å². The molecule has 2 fully saturated rings. The van der Waals surface area contributed by atoms with Gasteiger partial charge in [0.2, 0.25) is 0 Å². The predicted octanol–water partition coefficient (Wildman–Crippen LogP) is -0.584. The Bertz CT molecular complexity index is 319. The number of piperazine rings is 1. The summed E-state index contributed by atoms with van der Waals surface area (Å²) in [5.74, 6) is 0. The molecule has 2 rings (SSSR count). The largest absolute Gasteiger partial charge is 0.391 e. The van der Waals surface area contributed by atoms with Crippen LogP contribution < -0.4 is 0 Å². The molecule has 0 bridgehead atoms. The predicted molar refractivity (Wildman–Crippen MR) is 71.4 cm³/mol. The molecule has 0 aliphatic carbocycles. The number of hydrogen-bond donors (Lipinski definition) is 1. The summed E-state index contributed by atoms with van der Waals surface area (Å²) in [5, 5.41) is 9.43. The number of aliphatic hydroxyl groups excluding tert-OH is 1. The van der Waals surface area contributed by atoms with Gasteiger partial charge in [-0.2, -0.15) is 0 Å². The van der Waals surface area contributed by atoms with E-state index < -0.39 is 0 Å². The number of likely N-dealkylation sites (tertiary alicyclic amines) is 1. The third kappa shape index (κ3) is 3.15. The maximum atomic E-state index is 12.1. The van der Waals surface area contributed by atoms with Crippen LogP contribution in [0.15, 0.2) is 0 Å². The molecule has 2 atom stereocenters. The molecule has 0 aromatic carbocycles. The van der Waals surface area contributed by atoms with Crippen LogP contribution in [-0.4, -0.2) is 76.9 Å². The van der Waals surface area contributed by atoms with E-state index in [4.69, 9.17) is 11.2 Å². The first kappa shape index (κ1) is 13.2. The molecule has 7 heteroatoms. The Morgan fingerprint density at radius 2 is 1.88 bits per heavy atom. The molecule has 0 saturated carbocycles. The van der Waals surface area contributed by atoms with Crippen LogP contribution in [0.5, 0.6) is 0 Å². The lowest BCUT2D eigenvalue weighted by atomic mass is 10.3. The second-order valence-corrected chi connectivity index (χ2v) is 7.32. The van der Waals surface area contributed by atoms with Gasteiger partial charge in [-0.1, -0.05) is 9.64 Å². The summed E-state index contributed by atoms with van der Waals surface area (Å²) in [6, 6.07) is 0.0709. The highest BCUT2D eigenvalue weighted by Gasteiger charge is 2.30. The monoisotopic (exact) mass is 277 g/mol. The van der Waals surface area contributed by atoms with Crippen LogP contribution in [0, 0.1) is 0 Å². The minimum Gasteiger partial charge on any atom is -0.391 e. The molecular weight excluding hydrogens is 258 g/mol. The smallest absolute Gasteiger partial charge is 0.320 e. The SMILES string of the molecule is CS(=S)N1CCN(C(=O)N2CCC(O)C2)CC1. The Hall–Kier alpha value is -0.240. The number of aliphatic hydroxyl groups is 1. The molecule has 2 unspecified atom stereocenters. The minimum absolute atomic E-state index is 0.0709. The van der Waals surface area contributed by atoms with E-state index in [0.717, 1.165) is 26.2 Å². The molecule has 1 N–H and O–H groups in total. The van der Waals surface area contributed by atoms with E-state index in [9.17, 15) is 9.90 Å². The van der Waals surface area contributed by atoms with E-state index in [-0.39, 0.29) is 21.8 Å². The van der Waals surface area contributed by atoms with E-state index in [1.54, 1.807) is 4.90 Å². The fraction of sp³-hybridized carbons (Fsp3) is 0.900. The molecule has 0 aromatic rings. The summed E-state index contributed by atoms with van der Waals surface area (Å²) in [4.78, 5) is 15.7. The summed E-state index contributed by atoms with van der Waals surface area (Å²) < 4.78 is 2.23. The summed E-state index contributed by atoms with van der Waals surface area (Å²) in [5.41, 5.74) is 0. The van der Waals surface area contributed by atoms with E-state index in [1.165, 1.54) is 0 Å². The van der Waals surface area contributed by atoms with E-state index in [0.29, 0.717) is 19.5 Å². The fourth-order valence-corrected chi connectivity index (χ4v) is 3.38. The average Bonchev–Trinajstić information content (AvgIpc) is 2.75. The number of rotatable bonds is 1. The van der Waals surface area contributed by atoms with E-state index >= 15 is 0 Å². The van der Waals surface area contributed by atoms with Crippen molar-refractivity contribution in [1.82, 2.24) is 14.1 Å². The van der Waals surface area contributed by atoms with Gasteiger partial charge in [-0.3, -0.25) is 0 Å². The highest BCUT2D eigenvalue weighted by atomic mass is 32.8. The van der Waals surface area contributed by atoms with Crippen LogP contribution in [0.3, 0.4) is 0 Å². The molecule has 0 aromatic heterocycles. The highest BCUT2D eigenvalue weighted by Crippen LogP contribution is 2.13. The normalized spacial score (nSPS) is 28.5. The molecule has 2 aliphatic heterocycles. The first-order valence-corrected chi connectivity index (χ1v) is 8.40. The number of β-amino-alcohol motifs (C(OH)–C–C–N with tert-alkyl or cyclic N) is 1. The van der Waals surface area contributed by atoms with Gasteiger partial charge in [0.05, 0.1) is 6.10 Å². The Morgan fingerprint density at radius 3 is 2.35 bits per heavy atom. The van der Waals surface area contributed by atoms with Crippen molar-refractivity contribution in [1.29, 1.82) is 0 Å². The van der Waals surface area contributed by atoms with Gasteiger partial charge in [0, 0.05) is 45.5 Å². The van der Waals surface area contributed by atoms with Crippen molar-refractivity contribution in [2.75, 3.05) is 45.5 Å². The van der Waals surface area contributed by atoms with Crippen LogP contribution in [0.2, 0.25) is 0 Å². The zero-order chi connectivity index (χ0) is 12.4. The number of hydrogen-bond acceptors (Lipinski definition) is 3. The first-order chi connectivity index (χ1) is 8.08. The lowest BCUT2D eigenvalue weighted by molar-refractivity contribution is 0.133. The zero-order valence-corrected chi connectivity index (χ0v) is 11.7. The van der Waals surface area contributed by atoms with Gasteiger partial charge in [0.1, 0.15) is 0 Å². The molecule has 2 amide bonds. The number of urea groups is 1. The van der Waals surface area contributed by atoms with Gasteiger partial charge in [0.15, 0.2) is 0 Å². The number of nitrogens with zero attached hydrogens (tertiary/aromatic N) is 3. The van der Waals surface area contributed by atoms with Crippen molar-refractivity contribution in [2.45, 2.75) is 12.5 Å². The van der Waals surface area contributed by atoms with Gasteiger partial charge >= 0.3 is 6.03 Å². The highest BCUT2D eigenvalue weighted by molar-refractivity contribution is 8.27. The number of carbonyl (C=O) groups excluding carboxylic acids is 1. The van der Waals surface area contributed by atoms with Gasteiger partial charge in [-0.05, 0) is 17.6 Å². The van der Waals surface area contributed by atoms with E-state index in [1.807, 2.05) is 11.2 Å². The van der Waals surface area contributed by atoms with Gasteiger partial charge in [-0.15, -0.1) is 0 Å². The third-order valence-corrected chi connectivity index (χ3v) is 5.03. The molecule has 2 saturated heterocycles. The third-order valence-electron chi connectivity index (χ3n) is 3.31. The molecule has 2 aliphatic rings. The summed E-state index contributed by atoms with van der Waals surface area (Å²) >= 11 is 5.23. The van der Waals surface area contributed by atoms with Crippen molar-refractivity contribution in [3.8, 4) is 0 Å². The van der Waals surface area contributed by atoms with Gasteiger partial charge < -0.3 is 14.9 Å². The van der Waals surface area contributed by atoms with E-state index in [2.05, 4.69) is 4.31 Å². The summed E-state index contributed by atoms with van der Waals surface area (Å²) in [6.07, 6.45) is 2.40. The number of amides is 2. The summed E-state index contributed by atoms with van der Waals surface area (Å²) in [6.45, 7) is 4.40. The second-order valence-electron chi connectivity index (χ2n) is 4.51. The Morgan fingerprint density at radius 1 is 1.24 bits per heavy atom. The van der Waals surface area contributed by atoms with Gasteiger partial charge in [0.25, 0.3) is 0 Å². The molecule has 5 nitrogen and oxygen atoms in total. The van der Waals surface area contributed by atoms with Gasteiger partial charge in [-0.25, -0.2) is 9.10 Å². The average molecular weight is 277 g/mol. The van der Waals surface area contributed by atoms with Crippen LogP contribution in [-0.2, 0) is 20.8 Å². The maximum absolute atomic E-state index is 12.1. The molecule has 2 heterocycles. The maximum Gasteiger partial charge on any atom is 0.320 e. The van der Waals surface area contributed by atoms with Crippen molar-refractivity contribution in [3.05, 3.63) is 0 Å². The minimum atomic E-state index is -0.339. The topological polar surface area (TPSA) is 47.0 Å². The molecule has 0 spiro atoms. The summed E-state index contributed by atoms with van der Waals surface area (Å²) in [7, 11) is -0.113. The van der Waals surface area contributed by atoms with Crippen LogP contribution in [0.1, 0.15) is 6.42 Å². The van der Waals surface area contributed by atoms with Crippen molar-refractivity contribution in [2.24, 2.45) is 0 Å². The first-order valence-electron chi connectivity index (χ1n) is 5.88. The Labute approximate surface area is 109 Å². The van der Waals surface area contributed by atoms with Crippen molar-refractivity contribution >= 4 is 26.9 Å².